The van der Waals surface area contributed by atoms with Crippen molar-refractivity contribution >= 4 is 5.97 Å². The Hall–Kier alpha value is -0.690. The maximum Gasteiger partial charge on any atom is 0.303 e. The summed E-state index contributed by atoms with van der Waals surface area (Å²) in [4.78, 5) is 10.3. The van der Waals surface area contributed by atoms with Crippen LogP contribution in [0.2, 0.25) is 0 Å². The van der Waals surface area contributed by atoms with Crippen molar-refractivity contribution in [2.45, 2.75) is 57.5 Å². The minimum Gasteiger partial charge on any atom is -0.481 e. The van der Waals surface area contributed by atoms with Crippen LogP contribution in [0.5, 0.6) is 0 Å². The number of rotatable bonds is 16. The molecule has 0 aliphatic rings. The van der Waals surface area contributed by atoms with Gasteiger partial charge in [0.05, 0.1) is 13.2 Å². The predicted molar refractivity (Wildman–Crippen MR) is 79.3 cm³/mol. The lowest BCUT2D eigenvalue weighted by Crippen LogP contribution is -2.22. The third-order valence-corrected chi connectivity index (χ3v) is 3.00. The minimum atomic E-state index is -0.764. The molecule has 21 heavy (non-hydrogen) atoms. The number of carboxylic acid groups (broad SMARTS) is 1. The van der Waals surface area contributed by atoms with Gasteiger partial charge in [0.2, 0.25) is 0 Å². The molecule has 0 fully saturated rings. The van der Waals surface area contributed by atoms with E-state index in [0.717, 1.165) is 38.5 Å². The van der Waals surface area contributed by atoms with Gasteiger partial charge in [-0.05, 0) is 25.7 Å². The summed E-state index contributed by atoms with van der Waals surface area (Å²) in [6, 6.07) is 0. The van der Waals surface area contributed by atoms with Crippen molar-refractivity contribution in [1.82, 2.24) is 0 Å². The van der Waals surface area contributed by atoms with Crippen LogP contribution in [0.4, 0.5) is 0 Å². The van der Waals surface area contributed by atoms with Crippen molar-refractivity contribution in [2.75, 3.05) is 33.0 Å². The van der Waals surface area contributed by atoms with E-state index >= 15 is 0 Å². The first-order valence-corrected chi connectivity index (χ1v) is 7.83. The molecule has 0 saturated heterocycles. The zero-order valence-electron chi connectivity index (χ0n) is 12.8. The Labute approximate surface area is 127 Å². The largest absolute Gasteiger partial charge is 0.481 e. The number of aliphatic hydroxyl groups excluding tert-OH is 2. The molecule has 0 saturated carbocycles. The number of aliphatic carboxylic acids is 1. The highest BCUT2D eigenvalue weighted by molar-refractivity contribution is 5.66. The lowest BCUT2D eigenvalue weighted by Gasteiger charge is -2.11. The molecule has 6 heteroatoms. The molecule has 3 N–H and O–H groups in total. The zero-order chi connectivity index (χ0) is 15.8. The summed E-state index contributed by atoms with van der Waals surface area (Å²) in [6.45, 7) is 1.94. The van der Waals surface area contributed by atoms with Gasteiger partial charge in [0, 0.05) is 26.2 Å². The second kappa shape index (κ2) is 15.7. The van der Waals surface area contributed by atoms with Crippen LogP contribution < -0.4 is 0 Å². The van der Waals surface area contributed by atoms with Crippen molar-refractivity contribution in [2.24, 2.45) is 0 Å². The summed E-state index contributed by atoms with van der Waals surface area (Å²) in [6.07, 6.45) is 5.71. The quantitative estimate of drug-likeness (QED) is 0.375. The van der Waals surface area contributed by atoms with Gasteiger partial charge in [0.1, 0.15) is 6.10 Å². The average molecular weight is 306 g/mol. The topological polar surface area (TPSA) is 96.2 Å². The molecule has 126 valence electrons. The lowest BCUT2D eigenvalue weighted by molar-refractivity contribution is -0.137. The number of carbonyl (C=O) groups is 1. The van der Waals surface area contributed by atoms with E-state index in [1.807, 2.05) is 0 Å². The van der Waals surface area contributed by atoms with E-state index in [4.69, 9.17) is 19.7 Å². The van der Waals surface area contributed by atoms with E-state index in [2.05, 4.69) is 0 Å². The van der Waals surface area contributed by atoms with Crippen LogP contribution in [-0.2, 0) is 14.3 Å². The number of carboxylic acids is 1. The summed E-state index contributed by atoms with van der Waals surface area (Å²) in [5.74, 6) is -0.764. The fourth-order valence-electron chi connectivity index (χ4n) is 1.81. The molecule has 0 heterocycles. The third-order valence-electron chi connectivity index (χ3n) is 3.00. The average Bonchev–Trinajstić information content (AvgIpc) is 2.45. The summed E-state index contributed by atoms with van der Waals surface area (Å²) < 4.78 is 10.6. The third kappa shape index (κ3) is 17.3. The van der Waals surface area contributed by atoms with E-state index in [9.17, 15) is 9.90 Å². The number of ether oxygens (including phenoxy) is 2. The molecule has 0 bridgehead atoms. The molecule has 1 unspecified atom stereocenters. The fourth-order valence-corrected chi connectivity index (χ4v) is 1.81. The Bertz CT molecular complexity index is 234. The van der Waals surface area contributed by atoms with Gasteiger partial charge in [0.15, 0.2) is 0 Å². The first-order valence-electron chi connectivity index (χ1n) is 7.83. The van der Waals surface area contributed by atoms with Crippen molar-refractivity contribution in [3.05, 3.63) is 0 Å². The van der Waals surface area contributed by atoms with Crippen molar-refractivity contribution in [3.8, 4) is 0 Å². The molecule has 0 aliphatic heterocycles. The molecular weight excluding hydrogens is 276 g/mol. The number of unbranched alkanes of at least 4 members (excludes halogenated alkanes) is 5. The van der Waals surface area contributed by atoms with Gasteiger partial charge in [-0.1, -0.05) is 19.3 Å². The van der Waals surface area contributed by atoms with Crippen LogP contribution in [0.1, 0.15) is 51.4 Å². The van der Waals surface area contributed by atoms with Crippen LogP contribution >= 0.6 is 0 Å². The fraction of sp³-hybridized carbons (Fsp3) is 0.933. The molecular formula is C15H30O6. The minimum absolute atomic E-state index is 0.203. The summed E-state index contributed by atoms with van der Waals surface area (Å²) >= 11 is 0. The second-order valence-corrected chi connectivity index (χ2v) is 5.15. The number of aliphatic hydroxyl groups is 2. The first kappa shape index (κ1) is 20.3. The molecule has 0 radical (unpaired) electrons. The summed E-state index contributed by atoms with van der Waals surface area (Å²) in [7, 11) is 0. The first-order chi connectivity index (χ1) is 10.2. The maximum atomic E-state index is 10.3. The van der Waals surface area contributed by atoms with Gasteiger partial charge in [-0.25, -0.2) is 0 Å². The number of hydrogen-bond donors (Lipinski definition) is 3. The van der Waals surface area contributed by atoms with E-state index in [1.165, 1.54) is 0 Å². The molecule has 0 rings (SSSR count). The van der Waals surface area contributed by atoms with Crippen LogP contribution in [-0.4, -0.2) is 60.4 Å². The van der Waals surface area contributed by atoms with Crippen LogP contribution in [0.3, 0.4) is 0 Å². The molecule has 0 aromatic rings. The molecule has 0 aromatic carbocycles. The molecule has 0 spiro atoms. The van der Waals surface area contributed by atoms with Gasteiger partial charge in [-0.15, -0.1) is 0 Å². The highest BCUT2D eigenvalue weighted by Gasteiger charge is 2.04. The van der Waals surface area contributed by atoms with E-state index in [1.54, 1.807) is 0 Å². The Morgan fingerprint density at radius 3 is 1.90 bits per heavy atom. The van der Waals surface area contributed by atoms with Gasteiger partial charge in [-0.2, -0.15) is 0 Å². The Morgan fingerprint density at radius 2 is 1.38 bits per heavy atom. The summed E-state index contributed by atoms with van der Waals surface area (Å²) in [5.41, 5.74) is 0. The van der Waals surface area contributed by atoms with Gasteiger partial charge < -0.3 is 24.8 Å². The Balaban J connectivity index is 3.16. The monoisotopic (exact) mass is 306 g/mol. The maximum absolute atomic E-state index is 10.3. The van der Waals surface area contributed by atoms with Gasteiger partial charge >= 0.3 is 5.97 Å². The molecule has 0 aromatic heterocycles. The van der Waals surface area contributed by atoms with Gasteiger partial charge in [0.25, 0.3) is 0 Å². The molecule has 1 atom stereocenters. The predicted octanol–water partition coefficient (Wildman–Crippen LogP) is 1.58. The number of hydrogen-bond acceptors (Lipinski definition) is 5. The van der Waals surface area contributed by atoms with Crippen LogP contribution in [0.25, 0.3) is 0 Å². The zero-order valence-corrected chi connectivity index (χ0v) is 12.8. The van der Waals surface area contributed by atoms with Crippen LogP contribution in [0.15, 0.2) is 0 Å². The molecule has 0 aliphatic carbocycles. The Morgan fingerprint density at radius 1 is 0.857 bits per heavy atom. The SMILES string of the molecule is O=C(O)CCCCCOCC(O)COCCCCCCO. The highest BCUT2D eigenvalue weighted by Crippen LogP contribution is 2.01. The van der Waals surface area contributed by atoms with Gasteiger partial charge in [-0.3, -0.25) is 4.79 Å². The molecule has 0 amide bonds. The second-order valence-electron chi connectivity index (χ2n) is 5.15. The highest BCUT2D eigenvalue weighted by atomic mass is 16.5. The van der Waals surface area contributed by atoms with Crippen LogP contribution in [0, 0.1) is 0 Å². The summed E-state index contributed by atoms with van der Waals surface area (Å²) in [5, 5.41) is 26.7. The van der Waals surface area contributed by atoms with E-state index < -0.39 is 12.1 Å². The smallest absolute Gasteiger partial charge is 0.303 e. The van der Waals surface area contributed by atoms with Crippen molar-refractivity contribution in [1.29, 1.82) is 0 Å². The van der Waals surface area contributed by atoms with Crippen molar-refractivity contribution < 1.29 is 29.6 Å². The normalized spacial score (nSPS) is 12.5. The standard InChI is InChI=1S/C15H30O6/c16-9-5-1-2-6-10-20-12-14(17)13-21-11-7-3-4-8-15(18)19/h14,16-17H,1-13H2,(H,18,19). The van der Waals surface area contributed by atoms with E-state index in [-0.39, 0.29) is 26.2 Å². The Kier molecular flexibility index (Phi) is 15.2. The van der Waals surface area contributed by atoms with E-state index in [0.29, 0.717) is 19.6 Å². The molecule has 6 nitrogen and oxygen atoms in total. The lowest BCUT2D eigenvalue weighted by atomic mass is 10.2. The van der Waals surface area contributed by atoms with Crippen molar-refractivity contribution in [3.63, 3.8) is 0 Å².